The van der Waals surface area contributed by atoms with Crippen LogP contribution in [-0.4, -0.2) is 4.98 Å². The lowest BCUT2D eigenvalue weighted by Crippen LogP contribution is -1.89. The molecule has 0 amide bonds. The predicted molar refractivity (Wildman–Crippen MR) is 92.6 cm³/mol. The first-order chi connectivity index (χ1) is 10.9. The van der Waals surface area contributed by atoms with Crippen molar-refractivity contribution in [3.63, 3.8) is 0 Å². The number of rotatable bonds is 2. The minimum Gasteiger partial charge on any atom is -0.256 e. The van der Waals surface area contributed by atoms with Crippen LogP contribution in [0.5, 0.6) is 0 Å². The Kier molecular flexibility index (Phi) is 3.17. The van der Waals surface area contributed by atoms with Crippen molar-refractivity contribution < 1.29 is 0 Å². The Morgan fingerprint density at radius 3 is 2.18 bits per heavy atom. The molecule has 4 aromatic rings. The first kappa shape index (κ1) is 12.8. The average molecular weight is 281 g/mol. The van der Waals surface area contributed by atoms with E-state index in [-0.39, 0.29) is 0 Å². The minimum absolute atomic E-state index is 1.03. The molecule has 0 atom stereocenters. The summed E-state index contributed by atoms with van der Waals surface area (Å²) in [5.41, 5.74) is 4.57. The monoisotopic (exact) mass is 281 g/mol. The van der Waals surface area contributed by atoms with E-state index < -0.39 is 0 Å². The summed E-state index contributed by atoms with van der Waals surface area (Å²) < 4.78 is 0. The van der Waals surface area contributed by atoms with Gasteiger partial charge in [-0.2, -0.15) is 0 Å². The van der Waals surface area contributed by atoms with E-state index >= 15 is 0 Å². The fourth-order valence-corrected chi connectivity index (χ4v) is 2.90. The van der Waals surface area contributed by atoms with Crippen LogP contribution in [0.1, 0.15) is 0 Å². The quantitative estimate of drug-likeness (QED) is 0.468. The maximum absolute atomic E-state index is 4.68. The van der Waals surface area contributed by atoms with E-state index in [9.17, 15) is 0 Å². The standard InChI is InChI=1S/C21H15N/c1-2-8-17(9-3-1)19-14-7-15-22-21(19)20-13-6-11-16-10-4-5-12-18(16)20/h1-15H. The summed E-state index contributed by atoms with van der Waals surface area (Å²) in [6.07, 6.45) is 1.86. The Hall–Kier alpha value is -2.93. The minimum atomic E-state index is 1.03. The molecule has 1 heterocycles. The SMILES string of the molecule is c1ccc(-c2cccnc2-c2cccc3ccccc23)cc1. The molecule has 1 heteroatoms. The van der Waals surface area contributed by atoms with Gasteiger partial charge in [0.1, 0.15) is 0 Å². The highest BCUT2D eigenvalue weighted by Crippen LogP contribution is 2.34. The van der Waals surface area contributed by atoms with Crippen LogP contribution in [0.15, 0.2) is 91.1 Å². The third-order valence-corrected chi connectivity index (χ3v) is 3.94. The molecule has 0 spiro atoms. The molecule has 0 radical (unpaired) electrons. The van der Waals surface area contributed by atoms with Gasteiger partial charge < -0.3 is 0 Å². The molecule has 0 aliphatic carbocycles. The second-order valence-corrected chi connectivity index (χ2v) is 5.29. The fraction of sp³-hybridized carbons (Fsp3) is 0. The number of pyridine rings is 1. The summed E-state index contributed by atoms with van der Waals surface area (Å²) in [5, 5.41) is 2.48. The van der Waals surface area contributed by atoms with Crippen molar-refractivity contribution in [2.75, 3.05) is 0 Å². The van der Waals surface area contributed by atoms with Gasteiger partial charge in [0.15, 0.2) is 0 Å². The van der Waals surface area contributed by atoms with Gasteiger partial charge in [0.25, 0.3) is 0 Å². The molecule has 3 aromatic carbocycles. The predicted octanol–water partition coefficient (Wildman–Crippen LogP) is 5.57. The van der Waals surface area contributed by atoms with E-state index in [1.54, 1.807) is 0 Å². The van der Waals surface area contributed by atoms with E-state index in [4.69, 9.17) is 0 Å². The van der Waals surface area contributed by atoms with Gasteiger partial charge in [0, 0.05) is 17.3 Å². The molecule has 0 fully saturated rings. The van der Waals surface area contributed by atoms with Gasteiger partial charge in [-0.05, 0) is 22.4 Å². The van der Waals surface area contributed by atoms with Crippen LogP contribution in [0.3, 0.4) is 0 Å². The molecule has 104 valence electrons. The molecule has 0 bridgehead atoms. The summed E-state index contributed by atoms with van der Waals surface area (Å²) in [6.45, 7) is 0. The number of hydrogen-bond donors (Lipinski definition) is 0. The summed E-state index contributed by atoms with van der Waals surface area (Å²) in [6, 6.07) is 29.4. The van der Waals surface area contributed by atoms with Crippen LogP contribution in [0, 0.1) is 0 Å². The van der Waals surface area contributed by atoms with Crippen LogP contribution in [0.2, 0.25) is 0 Å². The van der Waals surface area contributed by atoms with E-state index in [2.05, 4.69) is 77.8 Å². The Labute approximate surface area is 129 Å². The topological polar surface area (TPSA) is 12.9 Å². The van der Waals surface area contributed by atoms with Gasteiger partial charge in [-0.15, -0.1) is 0 Å². The molecule has 1 nitrogen and oxygen atoms in total. The van der Waals surface area contributed by atoms with Gasteiger partial charge in [-0.3, -0.25) is 4.98 Å². The number of hydrogen-bond acceptors (Lipinski definition) is 1. The van der Waals surface area contributed by atoms with E-state index in [0.717, 1.165) is 5.69 Å². The van der Waals surface area contributed by atoms with E-state index in [0.29, 0.717) is 0 Å². The fourth-order valence-electron chi connectivity index (χ4n) is 2.90. The highest BCUT2D eigenvalue weighted by atomic mass is 14.7. The molecular formula is C21H15N. The van der Waals surface area contributed by atoms with Gasteiger partial charge in [-0.25, -0.2) is 0 Å². The maximum Gasteiger partial charge on any atom is 0.0786 e. The van der Waals surface area contributed by atoms with Crippen LogP contribution in [-0.2, 0) is 0 Å². The molecule has 0 unspecified atom stereocenters. The van der Waals surface area contributed by atoms with Crippen LogP contribution < -0.4 is 0 Å². The third-order valence-electron chi connectivity index (χ3n) is 3.94. The number of aromatic nitrogens is 1. The third kappa shape index (κ3) is 2.17. The first-order valence-electron chi connectivity index (χ1n) is 7.42. The number of nitrogens with zero attached hydrogens (tertiary/aromatic N) is 1. The van der Waals surface area contributed by atoms with Crippen molar-refractivity contribution in [3.05, 3.63) is 91.1 Å². The van der Waals surface area contributed by atoms with Crippen LogP contribution in [0.4, 0.5) is 0 Å². The van der Waals surface area contributed by atoms with Crippen LogP contribution >= 0.6 is 0 Å². The van der Waals surface area contributed by atoms with Crippen molar-refractivity contribution >= 4 is 10.8 Å². The smallest absolute Gasteiger partial charge is 0.0786 e. The Balaban J connectivity index is 2.01. The molecular weight excluding hydrogens is 266 g/mol. The largest absolute Gasteiger partial charge is 0.256 e. The second-order valence-electron chi connectivity index (χ2n) is 5.29. The average Bonchev–Trinajstić information content (AvgIpc) is 2.62. The van der Waals surface area contributed by atoms with E-state index in [1.165, 1.54) is 27.5 Å². The zero-order valence-electron chi connectivity index (χ0n) is 12.1. The Morgan fingerprint density at radius 1 is 0.545 bits per heavy atom. The summed E-state index contributed by atoms with van der Waals surface area (Å²) in [5.74, 6) is 0. The van der Waals surface area contributed by atoms with Gasteiger partial charge in [-0.1, -0.05) is 78.9 Å². The summed E-state index contributed by atoms with van der Waals surface area (Å²) in [4.78, 5) is 4.68. The molecule has 4 rings (SSSR count). The molecule has 22 heavy (non-hydrogen) atoms. The van der Waals surface area contributed by atoms with Crippen LogP contribution in [0.25, 0.3) is 33.2 Å². The van der Waals surface area contributed by atoms with Crippen molar-refractivity contribution in [2.45, 2.75) is 0 Å². The van der Waals surface area contributed by atoms with Crippen molar-refractivity contribution in [1.29, 1.82) is 0 Å². The summed E-state index contributed by atoms with van der Waals surface area (Å²) >= 11 is 0. The second kappa shape index (κ2) is 5.45. The first-order valence-corrected chi connectivity index (χ1v) is 7.42. The van der Waals surface area contributed by atoms with E-state index in [1.807, 2.05) is 18.3 Å². The number of fused-ring (bicyclic) bond motifs is 1. The molecule has 0 N–H and O–H groups in total. The van der Waals surface area contributed by atoms with Crippen molar-refractivity contribution in [3.8, 4) is 22.4 Å². The maximum atomic E-state index is 4.68. The highest BCUT2D eigenvalue weighted by Gasteiger charge is 2.10. The van der Waals surface area contributed by atoms with Gasteiger partial charge in [0.05, 0.1) is 5.69 Å². The normalized spacial score (nSPS) is 10.7. The molecule has 0 aliphatic heterocycles. The zero-order chi connectivity index (χ0) is 14.8. The number of benzene rings is 3. The lowest BCUT2D eigenvalue weighted by Gasteiger charge is -2.11. The lowest BCUT2D eigenvalue weighted by molar-refractivity contribution is 1.33. The van der Waals surface area contributed by atoms with Crippen molar-refractivity contribution in [2.24, 2.45) is 0 Å². The Morgan fingerprint density at radius 2 is 1.27 bits per heavy atom. The highest BCUT2D eigenvalue weighted by molar-refractivity contribution is 5.99. The molecule has 0 saturated carbocycles. The molecule has 0 aliphatic rings. The zero-order valence-corrected chi connectivity index (χ0v) is 12.1. The lowest BCUT2D eigenvalue weighted by atomic mass is 9.95. The summed E-state index contributed by atoms with van der Waals surface area (Å²) in [7, 11) is 0. The molecule has 0 saturated heterocycles. The van der Waals surface area contributed by atoms with Crippen molar-refractivity contribution in [1.82, 2.24) is 4.98 Å². The Bertz CT molecular complexity index is 921. The molecule has 1 aromatic heterocycles. The van der Waals surface area contributed by atoms with Gasteiger partial charge in [0.2, 0.25) is 0 Å². The van der Waals surface area contributed by atoms with Gasteiger partial charge >= 0.3 is 0 Å².